The lowest BCUT2D eigenvalue weighted by Crippen LogP contribution is -2.07. The lowest BCUT2D eigenvalue weighted by atomic mass is 10.1. The zero-order valence-corrected chi connectivity index (χ0v) is 13.2. The third kappa shape index (κ3) is 3.49. The molecule has 0 aliphatic carbocycles. The van der Waals surface area contributed by atoms with Crippen LogP contribution in [-0.4, -0.2) is 11.9 Å². The number of aliphatic imine (C=N–C) groups is 1. The van der Waals surface area contributed by atoms with Crippen LogP contribution in [0.1, 0.15) is 24.5 Å². The highest BCUT2D eigenvalue weighted by Crippen LogP contribution is 2.21. The van der Waals surface area contributed by atoms with Gasteiger partial charge in [0.2, 0.25) is 5.90 Å². The molecule has 0 fully saturated rings. The molecule has 3 rings (SSSR count). The second kappa shape index (κ2) is 7.04. The number of rotatable bonds is 4. The van der Waals surface area contributed by atoms with Crippen molar-refractivity contribution in [2.24, 2.45) is 4.99 Å². The molecule has 0 saturated carbocycles. The second-order valence-corrected chi connectivity index (χ2v) is 5.30. The Balaban J connectivity index is 1.93. The van der Waals surface area contributed by atoms with E-state index < -0.39 is 11.8 Å². The minimum atomic E-state index is -0.569. The molecule has 24 heavy (non-hydrogen) atoms. The summed E-state index contributed by atoms with van der Waals surface area (Å²) in [5, 5.41) is 0. The Morgan fingerprint density at radius 2 is 1.83 bits per heavy atom. The van der Waals surface area contributed by atoms with Gasteiger partial charge in [0, 0.05) is 0 Å². The summed E-state index contributed by atoms with van der Waals surface area (Å²) in [7, 11) is 0. The van der Waals surface area contributed by atoms with E-state index in [1.54, 1.807) is 18.2 Å². The van der Waals surface area contributed by atoms with Crippen molar-refractivity contribution in [2.75, 3.05) is 0 Å². The Morgan fingerprint density at radius 3 is 2.54 bits per heavy atom. The number of ether oxygens (including phenoxy) is 1. The molecule has 0 spiro atoms. The monoisotopic (exact) mass is 321 g/mol. The number of nitrogens with zero attached hydrogens (tertiary/aromatic N) is 1. The number of carbonyl (C=O) groups excluding carboxylic acids is 1. The molecule has 1 heterocycles. The van der Waals surface area contributed by atoms with E-state index in [9.17, 15) is 9.18 Å². The summed E-state index contributed by atoms with van der Waals surface area (Å²) < 4.78 is 18.9. The van der Waals surface area contributed by atoms with Crippen LogP contribution in [0.15, 0.2) is 76.9 Å². The fourth-order valence-corrected chi connectivity index (χ4v) is 2.34. The lowest BCUT2D eigenvalue weighted by Gasteiger charge is -1.99. The number of carbonyl (C=O) groups is 1. The summed E-state index contributed by atoms with van der Waals surface area (Å²) in [6.45, 7) is 1.99. The van der Waals surface area contributed by atoms with Crippen molar-refractivity contribution in [1.82, 2.24) is 0 Å². The molecule has 0 aromatic heterocycles. The Bertz CT molecular complexity index is 851. The van der Waals surface area contributed by atoms with Crippen molar-refractivity contribution >= 4 is 17.9 Å². The van der Waals surface area contributed by atoms with Gasteiger partial charge in [0.05, 0.1) is 5.56 Å². The zero-order chi connectivity index (χ0) is 16.9. The molecule has 0 radical (unpaired) electrons. The van der Waals surface area contributed by atoms with Gasteiger partial charge in [-0.2, -0.15) is 0 Å². The van der Waals surface area contributed by atoms with Crippen LogP contribution in [0.25, 0.3) is 6.08 Å². The van der Waals surface area contributed by atoms with Gasteiger partial charge in [-0.15, -0.1) is 0 Å². The average molecular weight is 321 g/mol. The molecule has 3 nitrogen and oxygen atoms in total. The van der Waals surface area contributed by atoms with Gasteiger partial charge in [-0.25, -0.2) is 14.2 Å². The van der Waals surface area contributed by atoms with Crippen molar-refractivity contribution in [3.63, 3.8) is 0 Å². The van der Waals surface area contributed by atoms with E-state index >= 15 is 0 Å². The van der Waals surface area contributed by atoms with E-state index in [-0.39, 0.29) is 17.2 Å². The van der Waals surface area contributed by atoms with Gasteiger partial charge in [-0.05, 0) is 35.8 Å². The number of benzene rings is 2. The highest BCUT2D eigenvalue weighted by atomic mass is 19.1. The molecule has 0 saturated heterocycles. The number of esters is 1. The Morgan fingerprint density at radius 1 is 1.12 bits per heavy atom. The maximum absolute atomic E-state index is 13.8. The van der Waals surface area contributed by atoms with Gasteiger partial charge in [-0.1, -0.05) is 55.5 Å². The summed E-state index contributed by atoms with van der Waals surface area (Å²) in [5.74, 6) is -1.04. The first-order chi connectivity index (χ1) is 11.7. The van der Waals surface area contributed by atoms with Crippen molar-refractivity contribution in [3.05, 3.63) is 88.9 Å². The first-order valence-electron chi connectivity index (χ1n) is 7.70. The molecule has 0 bridgehead atoms. The van der Waals surface area contributed by atoms with E-state index in [1.807, 2.05) is 43.3 Å². The summed E-state index contributed by atoms with van der Waals surface area (Å²) in [5.41, 5.74) is 2.33. The van der Waals surface area contributed by atoms with Gasteiger partial charge < -0.3 is 4.74 Å². The summed E-state index contributed by atoms with van der Waals surface area (Å²) in [4.78, 5) is 16.2. The Kier molecular flexibility index (Phi) is 4.66. The van der Waals surface area contributed by atoms with Gasteiger partial charge >= 0.3 is 5.97 Å². The summed E-state index contributed by atoms with van der Waals surface area (Å²) in [6, 6.07) is 15.9. The van der Waals surface area contributed by atoms with Gasteiger partial charge in [0.25, 0.3) is 0 Å². The SMILES string of the molecule is CCC(/C=C1\N=C(c2ccccc2F)OC1=O)=C\c1ccccc1. The molecule has 1 aliphatic heterocycles. The Hall–Kier alpha value is -3.01. The van der Waals surface area contributed by atoms with Crippen LogP contribution in [0.5, 0.6) is 0 Å². The molecule has 0 atom stereocenters. The normalized spacial score (nSPS) is 16.2. The van der Waals surface area contributed by atoms with Crippen LogP contribution in [0.3, 0.4) is 0 Å². The van der Waals surface area contributed by atoms with E-state index in [2.05, 4.69) is 4.99 Å². The number of cyclic esters (lactones) is 1. The molecule has 2 aromatic rings. The number of hydrogen-bond donors (Lipinski definition) is 0. The number of allylic oxidation sites excluding steroid dienone is 2. The van der Waals surface area contributed by atoms with E-state index in [1.165, 1.54) is 12.1 Å². The molecule has 1 aliphatic rings. The molecule has 4 heteroatoms. The smallest absolute Gasteiger partial charge is 0.363 e. The van der Waals surface area contributed by atoms with Crippen LogP contribution in [0, 0.1) is 5.82 Å². The molecule has 120 valence electrons. The van der Waals surface area contributed by atoms with E-state index in [0.717, 1.165) is 17.6 Å². The van der Waals surface area contributed by atoms with Crippen LogP contribution < -0.4 is 0 Å². The Labute approximate surface area is 139 Å². The van der Waals surface area contributed by atoms with Crippen LogP contribution in [-0.2, 0) is 9.53 Å². The third-order valence-electron chi connectivity index (χ3n) is 3.61. The molecular weight excluding hydrogens is 305 g/mol. The minimum Gasteiger partial charge on any atom is -0.402 e. The van der Waals surface area contributed by atoms with E-state index in [4.69, 9.17) is 4.74 Å². The molecule has 0 N–H and O–H groups in total. The molecule has 0 amide bonds. The quantitative estimate of drug-likeness (QED) is 0.614. The fourth-order valence-electron chi connectivity index (χ4n) is 2.34. The highest BCUT2D eigenvalue weighted by Gasteiger charge is 2.25. The van der Waals surface area contributed by atoms with Crippen LogP contribution in [0.2, 0.25) is 0 Å². The molecule has 0 unspecified atom stereocenters. The minimum absolute atomic E-state index is 0.000450. The van der Waals surface area contributed by atoms with Crippen molar-refractivity contribution < 1.29 is 13.9 Å². The van der Waals surface area contributed by atoms with E-state index in [0.29, 0.717) is 0 Å². The predicted molar refractivity (Wildman–Crippen MR) is 91.8 cm³/mol. The zero-order valence-electron chi connectivity index (χ0n) is 13.2. The number of halogens is 1. The van der Waals surface area contributed by atoms with Crippen molar-refractivity contribution in [1.29, 1.82) is 0 Å². The van der Waals surface area contributed by atoms with Gasteiger partial charge in [-0.3, -0.25) is 0 Å². The first kappa shape index (κ1) is 15.9. The molecular formula is C20H16FNO2. The first-order valence-corrected chi connectivity index (χ1v) is 7.70. The van der Waals surface area contributed by atoms with Gasteiger partial charge in [0.15, 0.2) is 5.70 Å². The fraction of sp³-hybridized carbons (Fsp3) is 0.100. The van der Waals surface area contributed by atoms with Crippen LogP contribution in [0.4, 0.5) is 4.39 Å². The van der Waals surface area contributed by atoms with Crippen molar-refractivity contribution in [2.45, 2.75) is 13.3 Å². The summed E-state index contributed by atoms with van der Waals surface area (Å²) in [6.07, 6.45) is 4.40. The maximum Gasteiger partial charge on any atom is 0.363 e. The molecule has 2 aromatic carbocycles. The largest absolute Gasteiger partial charge is 0.402 e. The summed E-state index contributed by atoms with van der Waals surface area (Å²) >= 11 is 0. The highest BCUT2D eigenvalue weighted by molar-refractivity contribution is 6.11. The van der Waals surface area contributed by atoms with Crippen LogP contribution >= 0.6 is 0 Å². The lowest BCUT2D eigenvalue weighted by molar-refractivity contribution is -0.130. The third-order valence-corrected chi connectivity index (χ3v) is 3.61. The maximum atomic E-state index is 13.8. The second-order valence-electron chi connectivity index (χ2n) is 5.30. The van der Waals surface area contributed by atoms with Gasteiger partial charge in [0.1, 0.15) is 5.82 Å². The average Bonchev–Trinajstić information content (AvgIpc) is 2.96. The van der Waals surface area contributed by atoms with Crippen molar-refractivity contribution in [3.8, 4) is 0 Å². The topological polar surface area (TPSA) is 38.7 Å². The predicted octanol–water partition coefficient (Wildman–Crippen LogP) is 4.51. The standard InChI is InChI=1S/C20H16FNO2/c1-2-14(12-15-8-4-3-5-9-15)13-18-20(23)24-19(22-18)16-10-6-7-11-17(16)21/h3-13H,2H2,1H3/b14-12+,18-13-. The number of hydrogen-bond acceptors (Lipinski definition) is 3.